The minimum absolute atomic E-state index is 0.273. The molecule has 0 unspecified atom stereocenters. The van der Waals surface area contributed by atoms with Gasteiger partial charge in [0, 0.05) is 31.0 Å². The fourth-order valence-electron chi connectivity index (χ4n) is 2.22. The van der Waals surface area contributed by atoms with Crippen LogP contribution in [-0.4, -0.2) is 41.3 Å². The van der Waals surface area contributed by atoms with Gasteiger partial charge in [-0.2, -0.15) is 0 Å². The monoisotopic (exact) mass is 271 g/mol. The Bertz CT molecular complexity index is 593. The molecule has 0 bridgehead atoms. The lowest BCUT2D eigenvalue weighted by atomic mass is 10.1. The number of nitrogens with two attached hydrogens (primary N) is 1. The zero-order chi connectivity index (χ0) is 13.9. The lowest BCUT2D eigenvalue weighted by Crippen LogP contribution is -2.36. The summed E-state index contributed by atoms with van der Waals surface area (Å²) in [7, 11) is 0. The Morgan fingerprint density at radius 1 is 1.15 bits per heavy atom. The molecule has 1 saturated heterocycles. The van der Waals surface area contributed by atoms with Gasteiger partial charge in [0.2, 0.25) is 5.95 Å². The molecule has 6 nitrogen and oxygen atoms in total. The summed E-state index contributed by atoms with van der Waals surface area (Å²) in [5.41, 5.74) is 8.42. The lowest BCUT2D eigenvalue weighted by molar-refractivity contribution is 0.122. The quantitative estimate of drug-likeness (QED) is 0.886. The molecule has 0 atom stereocenters. The molecule has 104 valence electrons. The zero-order valence-corrected chi connectivity index (χ0v) is 11.4. The van der Waals surface area contributed by atoms with Gasteiger partial charge < -0.3 is 15.4 Å². The van der Waals surface area contributed by atoms with E-state index in [-0.39, 0.29) is 5.95 Å². The Morgan fingerprint density at radius 3 is 2.55 bits per heavy atom. The van der Waals surface area contributed by atoms with Gasteiger partial charge in [-0.05, 0) is 24.6 Å². The second-order valence-electron chi connectivity index (χ2n) is 4.82. The molecule has 2 aromatic rings. The predicted molar refractivity (Wildman–Crippen MR) is 77.4 cm³/mol. The number of anilines is 2. The average Bonchev–Trinajstić information content (AvgIpc) is 2.48. The van der Waals surface area contributed by atoms with Crippen LogP contribution in [0.3, 0.4) is 0 Å². The van der Waals surface area contributed by atoms with E-state index in [0.717, 1.165) is 48.9 Å². The number of hydrogen-bond acceptors (Lipinski definition) is 6. The van der Waals surface area contributed by atoms with E-state index in [1.165, 1.54) is 0 Å². The first-order valence-electron chi connectivity index (χ1n) is 6.61. The molecule has 1 aliphatic rings. The molecule has 0 amide bonds. The molecular weight excluding hydrogens is 254 g/mol. The standard InChI is InChI=1S/C14H17N5O/c1-10-6-12(11-8-16-14(15)17-9-11)18-13(7-10)19-2-4-20-5-3-19/h6-9H,2-5H2,1H3,(H2,15,16,17). The number of aromatic nitrogens is 3. The molecule has 1 aliphatic heterocycles. The highest BCUT2D eigenvalue weighted by atomic mass is 16.5. The predicted octanol–water partition coefficient (Wildman–Crippen LogP) is 1.27. The van der Waals surface area contributed by atoms with Gasteiger partial charge in [0.05, 0.1) is 18.9 Å². The highest BCUT2D eigenvalue weighted by Crippen LogP contribution is 2.22. The number of ether oxygens (including phenoxy) is 1. The van der Waals surface area contributed by atoms with Crippen LogP contribution in [0.25, 0.3) is 11.3 Å². The van der Waals surface area contributed by atoms with E-state index in [9.17, 15) is 0 Å². The number of morpholine rings is 1. The summed E-state index contributed by atoms with van der Waals surface area (Å²) < 4.78 is 5.38. The first kappa shape index (κ1) is 12.8. The molecule has 20 heavy (non-hydrogen) atoms. The average molecular weight is 271 g/mol. The highest BCUT2D eigenvalue weighted by Gasteiger charge is 2.14. The van der Waals surface area contributed by atoms with Crippen molar-refractivity contribution in [3.63, 3.8) is 0 Å². The molecule has 0 aromatic carbocycles. The summed E-state index contributed by atoms with van der Waals surface area (Å²) in [6.07, 6.45) is 3.40. The highest BCUT2D eigenvalue weighted by molar-refractivity contribution is 5.61. The first-order chi connectivity index (χ1) is 9.72. The molecule has 2 aromatic heterocycles. The van der Waals surface area contributed by atoms with Crippen LogP contribution in [0, 0.1) is 6.92 Å². The summed E-state index contributed by atoms with van der Waals surface area (Å²) in [6.45, 7) is 5.29. The van der Waals surface area contributed by atoms with E-state index in [1.807, 2.05) is 6.07 Å². The maximum atomic E-state index is 5.52. The maximum absolute atomic E-state index is 5.52. The number of hydrogen-bond donors (Lipinski definition) is 1. The molecule has 1 fully saturated rings. The lowest BCUT2D eigenvalue weighted by Gasteiger charge is -2.28. The molecule has 3 heterocycles. The van der Waals surface area contributed by atoms with E-state index in [1.54, 1.807) is 12.4 Å². The van der Waals surface area contributed by atoms with Crippen LogP contribution < -0.4 is 10.6 Å². The van der Waals surface area contributed by atoms with Gasteiger partial charge in [-0.1, -0.05) is 0 Å². The van der Waals surface area contributed by atoms with Crippen molar-refractivity contribution in [1.82, 2.24) is 15.0 Å². The third-order valence-corrected chi connectivity index (χ3v) is 3.26. The number of aryl methyl sites for hydroxylation is 1. The van der Waals surface area contributed by atoms with Crippen molar-refractivity contribution in [3.8, 4) is 11.3 Å². The Kier molecular flexibility index (Phi) is 3.47. The molecule has 6 heteroatoms. The third kappa shape index (κ3) is 2.70. The van der Waals surface area contributed by atoms with Crippen LogP contribution in [0.1, 0.15) is 5.56 Å². The number of rotatable bonds is 2. The smallest absolute Gasteiger partial charge is 0.219 e. The molecule has 3 rings (SSSR count). The van der Waals surface area contributed by atoms with Crippen molar-refractivity contribution in [3.05, 3.63) is 30.1 Å². The van der Waals surface area contributed by atoms with Gasteiger partial charge in [-0.25, -0.2) is 15.0 Å². The van der Waals surface area contributed by atoms with E-state index in [2.05, 4.69) is 27.9 Å². The van der Waals surface area contributed by atoms with Crippen LogP contribution in [0.15, 0.2) is 24.5 Å². The minimum atomic E-state index is 0.273. The molecular formula is C14H17N5O. The van der Waals surface area contributed by atoms with Gasteiger partial charge >= 0.3 is 0 Å². The zero-order valence-electron chi connectivity index (χ0n) is 11.4. The summed E-state index contributed by atoms with van der Waals surface area (Å²) in [6, 6.07) is 4.12. The van der Waals surface area contributed by atoms with Gasteiger partial charge in [-0.3, -0.25) is 0 Å². The van der Waals surface area contributed by atoms with Gasteiger partial charge in [-0.15, -0.1) is 0 Å². The van der Waals surface area contributed by atoms with Crippen LogP contribution in [0.2, 0.25) is 0 Å². The van der Waals surface area contributed by atoms with Gasteiger partial charge in [0.15, 0.2) is 0 Å². The summed E-state index contributed by atoms with van der Waals surface area (Å²) in [5, 5.41) is 0. The number of nitrogen functional groups attached to an aromatic ring is 1. The Morgan fingerprint density at radius 2 is 1.85 bits per heavy atom. The fraction of sp³-hybridized carbons (Fsp3) is 0.357. The Balaban J connectivity index is 1.95. The van der Waals surface area contributed by atoms with Gasteiger partial charge in [0.25, 0.3) is 0 Å². The SMILES string of the molecule is Cc1cc(-c2cnc(N)nc2)nc(N2CCOCC2)c1. The van der Waals surface area contributed by atoms with Crippen molar-refractivity contribution in [2.75, 3.05) is 36.9 Å². The van der Waals surface area contributed by atoms with Crippen molar-refractivity contribution in [2.45, 2.75) is 6.92 Å². The molecule has 0 spiro atoms. The van der Waals surface area contributed by atoms with Crippen LogP contribution in [-0.2, 0) is 4.74 Å². The van der Waals surface area contributed by atoms with Crippen molar-refractivity contribution in [2.24, 2.45) is 0 Å². The normalized spacial score (nSPS) is 15.3. The molecule has 0 saturated carbocycles. The third-order valence-electron chi connectivity index (χ3n) is 3.26. The maximum Gasteiger partial charge on any atom is 0.219 e. The van der Waals surface area contributed by atoms with Crippen LogP contribution in [0.5, 0.6) is 0 Å². The van der Waals surface area contributed by atoms with Gasteiger partial charge in [0.1, 0.15) is 5.82 Å². The number of pyridine rings is 1. The summed E-state index contributed by atoms with van der Waals surface area (Å²) >= 11 is 0. The Labute approximate surface area is 117 Å². The second-order valence-corrected chi connectivity index (χ2v) is 4.82. The van der Waals surface area contributed by atoms with E-state index in [4.69, 9.17) is 15.5 Å². The van der Waals surface area contributed by atoms with Crippen molar-refractivity contribution >= 4 is 11.8 Å². The van der Waals surface area contributed by atoms with Crippen molar-refractivity contribution in [1.29, 1.82) is 0 Å². The summed E-state index contributed by atoms with van der Waals surface area (Å²) in [5.74, 6) is 1.25. The minimum Gasteiger partial charge on any atom is -0.378 e. The topological polar surface area (TPSA) is 77.2 Å². The largest absolute Gasteiger partial charge is 0.378 e. The second kappa shape index (κ2) is 5.42. The first-order valence-corrected chi connectivity index (χ1v) is 6.61. The van der Waals surface area contributed by atoms with E-state index in [0.29, 0.717) is 0 Å². The van der Waals surface area contributed by atoms with E-state index >= 15 is 0 Å². The van der Waals surface area contributed by atoms with Crippen molar-refractivity contribution < 1.29 is 4.74 Å². The number of nitrogens with zero attached hydrogens (tertiary/aromatic N) is 4. The summed E-state index contributed by atoms with van der Waals surface area (Å²) in [4.78, 5) is 15.0. The molecule has 0 aliphatic carbocycles. The van der Waals surface area contributed by atoms with E-state index < -0.39 is 0 Å². The fourth-order valence-corrected chi connectivity index (χ4v) is 2.22. The van der Waals surface area contributed by atoms with Crippen LogP contribution in [0.4, 0.5) is 11.8 Å². The van der Waals surface area contributed by atoms with Crippen LogP contribution >= 0.6 is 0 Å². The molecule has 2 N–H and O–H groups in total. The Hall–Kier alpha value is -2.21. The molecule has 0 radical (unpaired) electrons.